The molecule has 2 aromatic rings. The van der Waals surface area contributed by atoms with Gasteiger partial charge in [0.25, 0.3) is 0 Å². The summed E-state index contributed by atoms with van der Waals surface area (Å²) in [5.74, 6) is 1.03. The Morgan fingerprint density at radius 3 is 2.73 bits per heavy atom. The molecule has 2 aromatic heterocycles. The molecule has 0 aliphatic carbocycles. The van der Waals surface area contributed by atoms with Gasteiger partial charge < -0.3 is 14.1 Å². The maximum absolute atomic E-state index is 11.8. The van der Waals surface area contributed by atoms with Gasteiger partial charge in [0.2, 0.25) is 5.95 Å². The molecule has 7 nitrogen and oxygen atoms in total. The number of hydrogen-bond donors (Lipinski definition) is 0. The number of anilines is 1. The molecule has 0 amide bonds. The second-order valence-corrected chi connectivity index (χ2v) is 6.46. The predicted octanol–water partition coefficient (Wildman–Crippen LogP) is 2.39. The SMILES string of the molecule is COC(=O)c1cc(C)nc(N2CCN(C/C(C)=C/c3ccco3)CC2)n1. The van der Waals surface area contributed by atoms with Crippen LogP contribution in [0.5, 0.6) is 0 Å². The second kappa shape index (κ2) is 8.14. The quantitative estimate of drug-likeness (QED) is 0.762. The number of carbonyl (C=O) groups excluding carboxylic acids is 1. The van der Waals surface area contributed by atoms with Gasteiger partial charge in [0.1, 0.15) is 5.76 Å². The van der Waals surface area contributed by atoms with Crippen LogP contribution < -0.4 is 4.90 Å². The van der Waals surface area contributed by atoms with Crippen LogP contribution in [0.2, 0.25) is 0 Å². The van der Waals surface area contributed by atoms with Gasteiger partial charge in [-0.05, 0) is 38.1 Å². The highest BCUT2D eigenvalue weighted by molar-refractivity contribution is 5.87. The molecule has 0 unspecified atom stereocenters. The summed E-state index contributed by atoms with van der Waals surface area (Å²) >= 11 is 0. The van der Waals surface area contributed by atoms with Gasteiger partial charge in [0.05, 0.1) is 13.4 Å². The zero-order chi connectivity index (χ0) is 18.5. The van der Waals surface area contributed by atoms with Crippen molar-refractivity contribution in [1.82, 2.24) is 14.9 Å². The Morgan fingerprint density at radius 2 is 2.08 bits per heavy atom. The molecule has 0 spiro atoms. The molecule has 1 aliphatic rings. The summed E-state index contributed by atoms with van der Waals surface area (Å²) in [4.78, 5) is 25.1. The van der Waals surface area contributed by atoms with Crippen LogP contribution in [0.1, 0.15) is 28.9 Å². The fourth-order valence-electron chi connectivity index (χ4n) is 3.02. The first-order chi connectivity index (χ1) is 12.5. The van der Waals surface area contributed by atoms with Gasteiger partial charge in [-0.2, -0.15) is 0 Å². The molecule has 0 saturated carbocycles. The highest BCUT2D eigenvalue weighted by Crippen LogP contribution is 2.15. The van der Waals surface area contributed by atoms with Crippen molar-refractivity contribution in [3.05, 3.63) is 47.2 Å². The van der Waals surface area contributed by atoms with Crippen LogP contribution in [-0.2, 0) is 4.74 Å². The molecule has 0 N–H and O–H groups in total. The number of methoxy groups -OCH3 is 1. The zero-order valence-electron chi connectivity index (χ0n) is 15.4. The van der Waals surface area contributed by atoms with Gasteiger partial charge in [-0.3, -0.25) is 4.90 Å². The second-order valence-electron chi connectivity index (χ2n) is 6.46. The number of nitrogens with zero attached hydrogens (tertiary/aromatic N) is 4. The van der Waals surface area contributed by atoms with E-state index in [4.69, 9.17) is 9.15 Å². The van der Waals surface area contributed by atoms with Crippen molar-refractivity contribution in [2.45, 2.75) is 13.8 Å². The van der Waals surface area contributed by atoms with Crippen molar-refractivity contribution >= 4 is 18.0 Å². The van der Waals surface area contributed by atoms with E-state index >= 15 is 0 Å². The van der Waals surface area contributed by atoms with Crippen LogP contribution in [0.25, 0.3) is 6.08 Å². The van der Waals surface area contributed by atoms with Gasteiger partial charge >= 0.3 is 5.97 Å². The van der Waals surface area contributed by atoms with Crippen molar-refractivity contribution in [1.29, 1.82) is 0 Å². The lowest BCUT2D eigenvalue weighted by molar-refractivity contribution is 0.0593. The minimum atomic E-state index is -0.436. The lowest BCUT2D eigenvalue weighted by Gasteiger charge is -2.35. The molecule has 0 atom stereocenters. The minimum Gasteiger partial charge on any atom is -0.465 e. The molecule has 7 heteroatoms. The fraction of sp³-hybridized carbons (Fsp3) is 0.421. The van der Waals surface area contributed by atoms with Gasteiger partial charge in [-0.1, -0.05) is 5.57 Å². The zero-order valence-corrected chi connectivity index (χ0v) is 15.4. The molecule has 0 aromatic carbocycles. The van der Waals surface area contributed by atoms with E-state index in [1.165, 1.54) is 12.7 Å². The Morgan fingerprint density at radius 1 is 1.31 bits per heavy atom. The van der Waals surface area contributed by atoms with Crippen molar-refractivity contribution in [2.24, 2.45) is 0 Å². The average molecular weight is 356 g/mol. The maximum atomic E-state index is 11.8. The summed E-state index contributed by atoms with van der Waals surface area (Å²) in [6.07, 6.45) is 3.75. The molecule has 3 rings (SSSR count). The Kier molecular flexibility index (Phi) is 5.68. The van der Waals surface area contributed by atoms with Gasteiger partial charge in [-0.15, -0.1) is 0 Å². The van der Waals surface area contributed by atoms with Crippen LogP contribution in [0.15, 0.2) is 34.5 Å². The summed E-state index contributed by atoms with van der Waals surface area (Å²) in [5, 5.41) is 0. The van der Waals surface area contributed by atoms with E-state index in [9.17, 15) is 4.79 Å². The Labute approximate surface area is 153 Å². The first-order valence-corrected chi connectivity index (χ1v) is 8.67. The number of piperazine rings is 1. The van der Waals surface area contributed by atoms with Gasteiger partial charge in [0.15, 0.2) is 5.69 Å². The number of hydrogen-bond acceptors (Lipinski definition) is 7. The number of ether oxygens (including phenoxy) is 1. The Hall–Kier alpha value is -2.67. The predicted molar refractivity (Wildman–Crippen MR) is 99.1 cm³/mol. The lowest BCUT2D eigenvalue weighted by Crippen LogP contribution is -2.47. The summed E-state index contributed by atoms with van der Waals surface area (Å²) in [5.41, 5.74) is 2.32. The standard InChI is InChI=1S/C19H24N4O3/c1-14(11-16-5-4-10-26-16)13-22-6-8-23(9-7-22)19-20-15(2)12-17(21-19)18(24)25-3/h4-5,10-12H,6-9,13H2,1-3H3/b14-11+. The third-order valence-electron chi connectivity index (χ3n) is 4.30. The molecule has 26 heavy (non-hydrogen) atoms. The van der Waals surface area contributed by atoms with Crippen LogP contribution in [0, 0.1) is 6.92 Å². The van der Waals surface area contributed by atoms with E-state index < -0.39 is 5.97 Å². The Balaban J connectivity index is 1.60. The van der Waals surface area contributed by atoms with Crippen molar-refractivity contribution < 1.29 is 13.9 Å². The first-order valence-electron chi connectivity index (χ1n) is 8.67. The van der Waals surface area contributed by atoms with Gasteiger partial charge in [-0.25, -0.2) is 14.8 Å². The molecule has 0 bridgehead atoms. The molecule has 1 aliphatic heterocycles. The lowest BCUT2D eigenvalue weighted by atomic mass is 10.2. The number of aromatic nitrogens is 2. The summed E-state index contributed by atoms with van der Waals surface area (Å²) < 4.78 is 10.1. The normalized spacial score (nSPS) is 16.0. The van der Waals surface area contributed by atoms with E-state index in [0.717, 1.165) is 44.2 Å². The first kappa shape index (κ1) is 18.1. The van der Waals surface area contributed by atoms with E-state index in [1.54, 1.807) is 12.3 Å². The van der Waals surface area contributed by atoms with Crippen molar-refractivity contribution in [3.8, 4) is 0 Å². The van der Waals surface area contributed by atoms with Crippen LogP contribution in [0.3, 0.4) is 0 Å². The monoisotopic (exact) mass is 356 g/mol. The van der Waals surface area contributed by atoms with Crippen LogP contribution in [0.4, 0.5) is 5.95 Å². The van der Waals surface area contributed by atoms with E-state index in [1.807, 2.05) is 19.1 Å². The number of aryl methyl sites for hydroxylation is 1. The smallest absolute Gasteiger partial charge is 0.356 e. The molecule has 1 fully saturated rings. The topological polar surface area (TPSA) is 71.7 Å². The number of rotatable bonds is 5. The molecule has 138 valence electrons. The molecule has 0 radical (unpaired) electrons. The van der Waals surface area contributed by atoms with E-state index in [0.29, 0.717) is 11.6 Å². The molecular weight excluding hydrogens is 332 g/mol. The summed E-state index contributed by atoms with van der Waals surface area (Å²) in [6, 6.07) is 5.49. The number of esters is 1. The van der Waals surface area contributed by atoms with Crippen LogP contribution >= 0.6 is 0 Å². The van der Waals surface area contributed by atoms with Crippen molar-refractivity contribution in [3.63, 3.8) is 0 Å². The van der Waals surface area contributed by atoms with Crippen molar-refractivity contribution in [2.75, 3.05) is 44.7 Å². The molecule has 1 saturated heterocycles. The Bertz CT molecular complexity index is 778. The fourth-order valence-corrected chi connectivity index (χ4v) is 3.02. The van der Waals surface area contributed by atoms with E-state index in [2.05, 4.69) is 32.8 Å². The summed E-state index contributed by atoms with van der Waals surface area (Å²) in [7, 11) is 1.36. The number of carbonyl (C=O) groups is 1. The van der Waals surface area contributed by atoms with E-state index in [-0.39, 0.29) is 0 Å². The highest BCUT2D eigenvalue weighted by Gasteiger charge is 2.21. The average Bonchev–Trinajstić information content (AvgIpc) is 3.14. The maximum Gasteiger partial charge on any atom is 0.356 e. The number of furan rings is 1. The third-order valence-corrected chi connectivity index (χ3v) is 4.30. The summed E-state index contributed by atoms with van der Waals surface area (Å²) in [6.45, 7) is 8.33. The molecule has 3 heterocycles. The van der Waals surface area contributed by atoms with Crippen LogP contribution in [-0.4, -0.2) is 60.7 Å². The largest absolute Gasteiger partial charge is 0.465 e. The third kappa shape index (κ3) is 4.49. The molecular formula is C19H24N4O3. The minimum absolute atomic E-state index is 0.301. The highest BCUT2D eigenvalue weighted by atomic mass is 16.5. The van der Waals surface area contributed by atoms with Gasteiger partial charge in [0, 0.05) is 38.4 Å².